The van der Waals surface area contributed by atoms with E-state index in [0.717, 1.165) is 11.1 Å². The lowest BCUT2D eigenvalue weighted by molar-refractivity contribution is -0.384. The number of non-ortho nitro benzene ring substituents is 1. The van der Waals surface area contributed by atoms with Crippen molar-refractivity contribution in [2.24, 2.45) is 0 Å². The maximum Gasteiger partial charge on any atom is 0.295 e. The molecule has 1 amide bonds. The van der Waals surface area contributed by atoms with Gasteiger partial charge in [-0.25, -0.2) is 0 Å². The first-order valence-corrected chi connectivity index (χ1v) is 10.6. The number of aryl methyl sites for hydroxylation is 2. The van der Waals surface area contributed by atoms with E-state index in [1.165, 1.54) is 30.2 Å². The van der Waals surface area contributed by atoms with E-state index >= 15 is 0 Å². The summed E-state index contributed by atoms with van der Waals surface area (Å²) in [5.41, 5.74) is 2.76. The Balaban J connectivity index is 1.83. The summed E-state index contributed by atoms with van der Waals surface area (Å²) in [7, 11) is 1.51. The first-order chi connectivity index (χ1) is 16.3. The highest BCUT2D eigenvalue weighted by atomic mass is 16.6. The number of hydrogen-bond donors (Lipinski definition) is 0. The standard InChI is InChI=1S/C26H20N2O6/c1-14-10-20-21(11-15(14)2)34-25-22(24(20)29)23(16-6-4-8-18(12-16)28(31)32)27(26(25)30)17-7-5-9-19(13-17)33-3/h4-13,23H,1-3H3. The normalized spacial score (nSPS) is 15.0. The zero-order valence-electron chi connectivity index (χ0n) is 18.7. The van der Waals surface area contributed by atoms with Gasteiger partial charge in [0.1, 0.15) is 11.3 Å². The van der Waals surface area contributed by atoms with Gasteiger partial charge in [-0.05, 0) is 54.8 Å². The van der Waals surface area contributed by atoms with Crippen LogP contribution in [0.25, 0.3) is 11.0 Å². The highest BCUT2D eigenvalue weighted by molar-refractivity contribution is 6.10. The third kappa shape index (κ3) is 3.23. The Labute approximate surface area is 194 Å². The highest BCUT2D eigenvalue weighted by Gasteiger charge is 2.44. The lowest BCUT2D eigenvalue weighted by atomic mass is 9.97. The number of carbonyl (C=O) groups is 1. The Bertz CT molecular complexity index is 1560. The molecule has 0 aliphatic carbocycles. The number of fused-ring (bicyclic) bond motifs is 2. The Hall–Kier alpha value is -4.46. The molecule has 0 bridgehead atoms. The Morgan fingerprint density at radius 2 is 1.74 bits per heavy atom. The summed E-state index contributed by atoms with van der Waals surface area (Å²) < 4.78 is 11.3. The highest BCUT2D eigenvalue weighted by Crippen LogP contribution is 2.42. The third-order valence-corrected chi connectivity index (χ3v) is 6.21. The second-order valence-corrected chi connectivity index (χ2v) is 8.24. The molecule has 0 spiro atoms. The molecule has 0 N–H and O–H groups in total. The van der Waals surface area contributed by atoms with Crippen LogP contribution in [-0.4, -0.2) is 17.9 Å². The molecule has 1 atom stereocenters. The van der Waals surface area contributed by atoms with E-state index in [9.17, 15) is 19.7 Å². The first kappa shape index (κ1) is 21.4. The minimum Gasteiger partial charge on any atom is -0.497 e. The molecule has 1 aliphatic rings. The summed E-state index contributed by atoms with van der Waals surface area (Å²) >= 11 is 0. The van der Waals surface area contributed by atoms with Crippen molar-refractivity contribution in [3.63, 3.8) is 0 Å². The van der Waals surface area contributed by atoms with Crippen LogP contribution in [-0.2, 0) is 0 Å². The molecular formula is C26H20N2O6. The van der Waals surface area contributed by atoms with E-state index in [4.69, 9.17) is 9.15 Å². The molecule has 5 rings (SSSR count). The fourth-order valence-corrected chi connectivity index (χ4v) is 4.38. The zero-order valence-corrected chi connectivity index (χ0v) is 18.7. The molecule has 0 saturated heterocycles. The lowest BCUT2D eigenvalue weighted by Gasteiger charge is -2.25. The monoisotopic (exact) mass is 456 g/mol. The predicted molar refractivity (Wildman–Crippen MR) is 127 cm³/mol. The predicted octanol–water partition coefficient (Wildman–Crippen LogP) is 5.08. The summed E-state index contributed by atoms with van der Waals surface area (Å²) in [6.45, 7) is 3.80. The Morgan fingerprint density at radius 1 is 1.00 bits per heavy atom. The van der Waals surface area contributed by atoms with Crippen LogP contribution in [0.15, 0.2) is 69.9 Å². The first-order valence-electron chi connectivity index (χ1n) is 10.6. The number of amides is 1. The number of benzene rings is 3. The molecular weight excluding hydrogens is 436 g/mol. The number of rotatable bonds is 4. The summed E-state index contributed by atoms with van der Waals surface area (Å²) in [6.07, 6.45) is 0. The fourth-order valence-electron chi connectivity index (χ4n) is 4.38. The Kier molecular flexibility index (Phi) is 4.93. The van der Waals surface area contributed by atoms with Crippen molar-refractivity contribution in [1.82, 2.24) is 0 Å². The fraction of sp³-hybridized carbons (Fsp3) is 0.154. The van der Waals surface area contributed by atoms with Gasteiger partial charge in [-0.15, -0.1) is 0 Å². The molecule has 8 nitrogen and oxygen atoms in total. The number of anilines is 1. The molecule has 0 radical (unpaired) electrons. The van der Waals surface area contributed by atoms with Gasteiger partial charge in [-0.2, -0.15) is 0 Å². The van der Waals surface area contributed by atoms with Crippen LogP contribution in [0, 0.1) is 24.0 Å². The number of methoxy groups -OCH3 is 1. The number of nitro groups is 1. The zero-order chi connectivity index (χ0) is 24.1. The van der Waals surface area contributed by atoms with Gasteiger partial charge in [-0.1, -0.05) is 18.2 Å². The maximum absolute atomic E-state index is 13.7. The van der Waals surface area contributed by atoms with Crippen LogP contribution in [0.4, 0.5) is 11.4 Å². The number of carbonyl (C=O) groups excluding carboxylic acids is 1. The number of ether oxygens (including phenoxy) is 1. The summed E-state index contributed by atoms with van der Waals surface area (Å²) in [6, 6.07) is 15.4. The minimum absolute atomic E-state index is 0.0694. The van der Waals surface area contributed by atoms with Gasteiger partial charge < -0.3 is 9.15 Å². The molecule has 3 aromatic carbocycles. The third-order valence-electron chi connectivity index (χ3n) is 6.21. The molecule has 8 heteroatoms. The van der Waals surface area contributed by atoms with Crippen molar-refractivity contribution in [2.75, 3.05) is 12.0 Å². The van der Waals surface area contributed by atoms with E-state index in [0.29, 0.717) is 28.0 Å². The van der Waals surface area contributed by atoms with Crippen LogP contribution in [0.1, 0.15) is 38.9 Å². The van der Waals surface area contributed by atoms with Crippen LogP contribution in [0.3, 0.4) is 0 Å². The molecule has 170 valence electrons. The van der Waals surface area contributed by atoms with Gasteiger partial charge in [0, 0.05) is 23.9 Å². The Morgan fingerprint density at radius 3 is 2.47 bits per heavy atom. The van der Waals surface area contributed by atoms with Gasteiger partial charge in [0.2, 0.25) is 5.76 Å². The minimum atomic E-state index is -0.906. The molecule has 4 aromatic rings. The van der Waals surface area contributed by atoms with Crippen LogP contribution in [0.5, 0.6) is 5.75 Å². The average molecular weight is 456 g/mol. The van der Waals surface area contributed by atoms with E-state index in [-0.39, 0.29) is 22.4 Å². The number of hydrogen-bond acceptors (Lipinski definition) is 6. The van der Waals surface area contributed by atoms with Crippen molar-refractivity contribution in [2.45, 2.75) is 19.9 Å². The topological polar surface area (TPSA) is 103 Å². The second kappa shape index (κ2) is 7.84. The van der Waals surface area contributed by atoms with Crippen LogP contribution < -0.4 is 15.1 Å². The van der Waals surface area contributed by atoms with Crippen molar-refractivity contribution >= 4 is 28.3 Å². The van der Waals surface area contributed by atoms with Crippen molar-refractivity contribution < 1.29 is 18.9 Å². The number of nitro benzene ring substituents is 1. The molecule has 1 aliphatic heterocycles. The van der Waals surface area contributed by atoms with Gasteiger partial charge in [-0.3, -0.25) is 24.6 Å². The molecule has 34 heavy (non-hydrogen) atoms. The molecule has 1 unspecified atom stereocenters. The molecule has 2 heterocycles. The lowest BCUT2D eigenvalue weighted by Crippen LogP contribution is -2.29. The summed E-state index contributed by atoms with van der Waals surface area (Å²) in [5, 5.41) is 11.8. The largest absolute Gasteiger partial charge is 0.497 e. The molecule has 0 fully saturated rings. The molecule has 0 saturated carbocycles. The van der Waals surface area contributed by atoms with Crippen LogP contribution >= 0.6 is 0 Å². The van der Waals surface area contributed by atoms with E-state index in [1.807, 2.05) is 13.8 Å². The van der Waals surface area contributed by atoms with Crippen molar-refractivity contribution in [3.8, 4) is 5.75 Å². The van der Waals surface area contributed by atoms with Gasteiger partial charge in [0.05, 0.1) is 29.0 Å². The van der Waals surface area contributed by atoms with Crippen LogP contribution in [0.2, 0.25) is 0 Å². The van der Waals surface area contributed by atoms with E-state index in [1.54, 1.807) is 42.5 Å². The van der Waals surface area contributed by atoms with Gasteiger partial charge >= 0.3 is 0 Å². The van der Waals surface area contributed by atoms with E-state index in [2.05, 4.69) is 0 Å². The smallest absolute Gasteiger partial charge is 0.295 e. The quantitative estimate of drug-likeness (QED) is 0.314. The summed E-state index contributed by atoms with van der Waals surface area (Å²) in [5.74, 6) is -0.0492. The van der Waals surface area contributed by atoms with Crippen molar-refractivity contribution in [3.05, 3.63) is 109 Å². The SMILES string of the molecule is COc1cccc(N2C(=O)c3oc4cc(C)c(C)cc4c(=O)c3C2c2cccc([N+](=O)[O-])c2)c1. The second-order valence-electron chi connectivity index (χ2n) is 8.24. The maximum atomic E-state index is 13.7. The number of nitrogens with zero attached hydrogens (tertiary/aromatic N) is 2. The average Bonchev–Trinajstić information content (AvgIpc) is 3.13. The van der Waals surface area contributed by atoms with E-state index < -0.39 is 16.9 Å². The summed E-state index contributed by atoms with van der Waals surface area (Å²) in [4.78, 5) is 39.8. The molecule has 1 aromatic heterocycles. The van der Waals surface area contributed by atoms with Gasteiger partial charge in [0.15, 0.2) is 5.43 Å². The van der Waals surface area contributed by atoms with Gasteiger partial charge in [0.25, 0.3) is 11.6 Å². The van der Waals surface area contributed by atoms with Crippen molar-refractivity contribution in [1.29, 1.82) is 0 Å².